The molecule has 5 rings (SSSR count). The topological polar surface area (TPSA) is 103 Å². The second-order valence-corrected chi connectivity index (χ2v) is 8.16. The van der Waals surface area contributed by atoms with E-state index in [1.807, 2.05) is 47.4 Å². The number of hydrazone groups is 1. The second kappa shape index (κ2) is 7.12. The van der Waals surface area contributed by atoms with E-state index in [9.17, 15) is 14.4 Å². The largest absolute Gasteiger partial charge is 0.362 e. The lowest BCUT2D eigenvalue weighted by molar-refractivity contribution is -0.132. The number of hydrogen-bond donors (Lipinski definition) is 3. The third-order valence-electron chi connectivity index (χ3n) is 6.33. The first-order valence-electron chi connectivity index (χ1n) is 10.2. The number of amides is 3. The fraction of sp³-hybridized carbons (Fsp3) is 0.364. The van der Waals surface area contributed by atoms with Gasteiger partial charge in [-0.2, -0.15) is 5.10 Å². The van der Waals surface area contributed by atoms with E-state index in [0.717, 1.165) is 5.69 Å². The zero-order chi connectivity index (χ0) is 20.7. The van der Waals surface area contributed by atoms with Crippen molar-refractivity contribution in [1.29, 1.82) is 0 Å². The van der Waals surface area contributed by atoms with Crippen LogP contribution in [0.4, 0.5) is 5.69 Å². The van der Waals surface area contributed by atoms with Crippen LogP contribution >= 0.6 is 0 Å². The zero-order valence-electron chi connectivity index (χ0n) is 16.4. The summed E-state index contributed by atoms with van der Waals surface area (Å²) >= 11 is 0. The maximum Gasteiger partial charge on any atom is 0.255 e. The summed E-state index contributed by atoms with van der Waals surface area (Å²) in [6.45, 7) is 1.08. The molecule has 3 amide bonds. The molecule has 0 radical (unpaired) electrons. The number of anilines is 1. The molecule has 8 heteroatoms. The number of carbonyl (C=O) groups is 3. The average molecular weight is 405 g/mol. The Morgan fingerprint density at radius 3 is 2.60 bits per heavy atom. The molecule has 0 unspecified atom stereocenters. The Morgan fingerprint density at radius 1 is 1.07 bits per heavy atom. The minimum atomic E-state index is -0.527. The van der Waals surface area contributed by atoms with Crippen LogP contribution in [-0.2, 0) is 9.59 Å². The standard InChI is InChI=1S/C22H23N5O3/c28-19(13-18-14-5-1-2-6-15(14)21(30)26-25-18)27-11-9-22(10-12-27)23-17-8-4-3-7-16(17)20(29)24-22/h1-8,14-15,23H,9-13H2,(H,24,29)(H,26,30)/t14-,15-/m0/s1. The highest BCUT2D eigenvalue weighted by Gasteiger charge is 2.41. The van der Waals surface area contributed by atoms with Crippen LogP contribution in [0.3, 0.4) is 0 Å². The molecule has 4 aliphatic rings. The van der Waals surface area contributed by atoms with Crippen molar-refractivity contribution >= 4 is 29.1 Å². The molecule has 1 aromatic rings. The number of allylic oxidation sites excluding steroid dienone is 3. The van der Waals surface area contributed by atoms with Gasteiger partial charge in [-0.1, -0.05) is 36.4 Å². The van der Waals surface area contributed by atoms with E-state index >= 15 is 0 Å². The first-order chi connectivity index (χ1) is 14.5. The van der Waals surface area contributed by atoms with Crippen LogP contribution in [0.15, 0.2) is 53.7 Å². The number of likely N-dealkylation sites (tertiary alicyclic amines) is 1. The molecule has 3 heterocycles. The predicted octanol–water partition coefficient (Wildman–Crippen LogP) is 1.39. The minimum absolute atomic E-state index is 0.0102. The summed E-state index contributed by atoms with van der Waals surface area (Å²) in [5.41, 5.74) is 4.16. The molecule has 1 spiro atoms. The summed E-state index contributed by atoms with van der Waals surface area (Å²) in [4.78, 5) is 39.3. The van der Waals surface area contributed by atoms with Crippen LogP contribution < -0.4 is 16.1 Å². The van der Waals surface area contributed by atoms with Crippen molar-refractivity contribution in [3.8, 4) is 0 Å². The van der Waals surface area contributed by atoms with E-state index in [1.165, 1.54) is 0 Å². The van der Waals surface area contributed by atoms with Crippen LogP contribution in [0.5, 0.6) is 0 Å². The predicted molar refractivity (Wildman–Crippen MR) is 112 cm³/mol. The highest BCUT2D eigenvalue weighted by Crippen LogP contribution is 2.32. The number of benzene rings is 1. The molecule has 1 fully saturated rings. The van der Waals surface area contributed by atoms with Crippen LogP contribution in [-0.4, -0.2) is 47.1 Å². The van der Waals surface area contributed by atoms with E-state index in [0.29, 0.717) is 37.2 Å². The Hall–Kier alpha value is -3.42. The van der Waals surface area contributed by atoms with Gasteiger partial charge in [0.25, 0.3) is 5.91 Å². The molecule has 3 N–H and O–H groups in total. The highest BCUT2D eigenvalue weighted by atomic mass is 16.2. The van der Waals surface area contributed by atoms with E-state index in [1.54, 1.807) is 6.07 Å². The molecule has 0 aromatic heterocycles. The fourth-order valence-electron chi connectivity index (χ4n) is 4.63. The van der Waals surface area contributed by atoms with Crippen molar-refractivity contribution in [3.63, 3.8) is 0 Å². The Balaban J connectivity index is 1.24. The van der Waals surface area contributed by atoms with Crippen LogP contribution in [0.1, 0.15) is 29.6 Å². The maximum atomic E-state index is 12.9. The molecule has 154 valence electrons. The molecule has 1 aliphatic carbocycles. The minimum Gasteiger partial charge on any atom is -0.362 e. The first-order valence-corrected chi connectivity index (χ1v) is 10.2. The molecular formula is C22H23N5O3. The number of piperidine rings is 1. The van der Waals surface area contributed by atoms with E-state index in [2.05, 4.69) is 21.2 Å². The molecule has 2 atom stereocenters. The summed E-state index contributed by atoms with van der Waals surface area (Å²) in [7, 11) is 0. The lowest BCUT2D eigenvalue weighted by Crippen LogP contribution is -2.62. The van der Waals surface area contributed by atoms with Gasteiger partial charge in [0.15, 0.2) is 0 Å². The number of rotatable bonds is 2. The van der Waals surface area contributed by atoms with Gasteiger partial charge in [0.2, 0.25) is 11.8 Å². The van der Waals surface area contributed by atoms with Crippen molar-refractivity contribution in [3.05, 3.63) is 54.1 Å². The van der Waals surface area contributed by atoms with Crippen molar-refractivity contribution < 1.29 is 14.4 Å². The third-order valence-corrected chi connectivity index (χ3v) is 6.33. The monoisotopic (exact) mass is 405 g/mol. The Bertz CT molecular complexity index is 1000. The molecule has 1 saturated heterocycles. The summed E-state index contributed by atoms with van der Waals surface area (Å²) in [5.74, 6) is -0.707. The molecule has 3 aliphatic heterocycles. The van der Waals surface area contributed by atoms with Gasteiger partial charge in [-0.3, -0.25) is 14.4 Å². The molecular weight excluding hydrogens is 382 g/mol. The van der Waals surface area contributed by atoms with E-state index in [-0.39, 0.29) is 36.0 Å². The van der Waals surface area contributed by atoms with Crippen molar-refractivity contribution in [2.24, 2.45) is 16.9 Å². The lowest BCUT2D eigenvalue weighted by Gasteiger charge is -2.46. The van der Waals surface area contributed by atoms with Crippen LogP contribution in [0.2, 0.25) is 0 Å². The van der Waals surface area contributed by atoms with Gasteiger partial charge in [-0.15, -0.1) is 0 Å². The average Bonchev–Trinajstić information content (AvgIpc) is 2.76. The molecule has 1 aromatic carbocycles. The normalized spacial score (nSPS) is 26.1. The smallest absolute Gasteiger partial charge is 0.255 e. The molecule has 0 bridgehead atoms. The Kier molecular flexibility index (Phi) is 4.42. The van der Waals surface area contributed by atoms with Gasteiger partial charge < -0.3 is 15.5 Å². The van der Waals surface area contributed by atoms with Gasteiger partial charge in [0.05, 0.1) is 23.6 Å². The van der Waals surface area contributed by atoms with Gasteiger partial charge >= 0.3 is 0 Å². The third kappa shape index (κ3) is 3.18. The molecule has 0 saturated carbocycles. The Labute approximate surface area is 174 Å². The number of fused-ring (bicyclic) bond motifs is 2. The summed E-state index contributed by atoms with van der Waals surface area (Å²) in [6.07, 6.45) is 8.93. The van der Waals surface area contributed by atoms with Crippen LogP contribution in [0.25, 0.3) is 0 Å². The van der Waals surface area contributed by atoms with Gasteiger partial charge in [0, 0.05) is 37.5 Å². The van der Waals surface area contributed by atoms with E-state index in [4.69, 9.17) is 0 Å². The summed E-state index contributed by atoms with van der Waals surface area (Å²) in [5, 5.41) is 10.7. The van der Waals surface area contributed by atoms with Gasteiger partial charge in [-0.05, 0) is 12.1 Å². The van der Waals surface area contributed by atoms with Gasteiger partial charge in [-0.25, -0.2) is 5.43 Å². The highest BCUT2D eigenvalue weighted by molar-refractivity contribution is 6.07. The summed E-state index contributed by atoms with van der Waals surface area (Å²) < 4.78 is 0. The van der Waals surface area contributed by atoms with E-state index < -0.39 is 5.66 Å². The Morgan fingerprint density at radius 2 is 1.80 bits per heavy atom. The van der Waals surface area contributed by atoms with Crippen molar-refractivity contribution in [1.82, 2.24) is 15.6 Å². The maximum absolute atomic E-state index is 12.9. The first kappa shape index (κ1) is 18.6. The number of para-hydroxylation sites is 1. The number of nitrogens with one attached hydrogen (secondary N) is 3. The quantitative estimate of drug-likeness (QED) is 0.692. The zero-order valence-corrected chi connectivity index (χ0v) is 16.4. The number of hydrogen-bond acceptors (Lipinski definition) is 5. The van der Waals surface area contributed by atoms with Crippen LogP contribution in [0, 0.1) is 11.8 Å². The SMILES string of the molecule is O=C1NC2(CCN(C(=O)CC3=NNC(=O)[C@H]4C=CC=C[C@H]34)CC2)Nc2ccccc21. The molecule has 8 nitrogen and oxygen atoms in total. The van der Waals surface area contributed by atoms with Crippen molar-refractivity contribution in [2.45, 2.75) is 24.9 Å². The lowest BCUT2D eigenvalue weighted by atomic mass is 9.82. The fourth-order valence-corrected chi connectivity index (χ4v) is 4.63. The number of carbonyl (C=O) groups excluding carboxylic acids is 3. The van der Waals surface area contributed by atoms with Crippen molar-refractivity contribution in [2.75, 3.05) is 18.4 Å². The van der Waals surface area contributed by atoms with Gasteiger partial charge in [0.1, 0.15) is 5.66 Å². The number of nitrogens with zero attached hydrogens (tertiary/aromatic N) is 2. The second-order valence-electron chi connectivity index (χ2n) is 8.16. The molecule has 30 heavy (non-hydrogen) atoms. The summed E-state index contributed by atoms with van der Waals surface area (Å²) in [6, 6.07) is 7.46.